The van der Waals surface area contributed by atoms with Gasteiger partial charge >= 0.3 is 0 Å². The molecule has 0 aliphatic carbocycles. The highest BCUT2D eigenvalue weighted by Crippen LogP contribution is 2.24. The molecule has 0 aromatic heterocycles. The second-order valence-corrected chi connectivity index (χ2v) is 7.81. The number of rotatable bonds is 4. The molecule has 1 unspecified atom stereocenters. The van der Waals surface area contributed by atoms with Crippen LogP contribution in [0, 0.1) is 0 Å². The maximum absolute atomic E-state index is 11.3. The molecule has 1 aliphatic heterocycles. The number of nitrogens with zero attached hydrogens (tertiary/aromatic N) is 1. The zero-order valence-electron chi connectivity index (χ0n) is 11.3. The van der Waals surface area contributed by atoms with E-state index in [-0.39, 0.29) is 6.04 Å². The van der Waals surface area contributed by atoms with Gasteiger partial charge in [-0.1, -0.05) is 29.3 Å². The van der Waals surface area contributed by atoms with Crippen LogP contribution >= 0.6 is 23.2 Å². The van der Waals surface area contributed by atoms with Crippen LogP contribution in [0.3, 0.4) is 0 Å². The number of sulfonamides is 1. The van der Waals surface area contributed by atoms with Crippen molar-refractivity contribution in [1.82, 2.24) is 9.62 Å². The summed E-state index contributed by atoms with van der Waals surface area (Å²) in [4.78, 5) is 2.23. The summed E-state index contributed by atoms with van der Waals surface area (Å²) in [5.74, 6) is 0. The van der Waals surface area contributed by atoms with Gasteiger partial charge in [0.05, 0.1) is 16.3 Å². The molecule has 4 nitrogen and oxygen atoms in total. The van der Waals surface area contributed by atoms with Crippen LogP contribution in [0.25, 0.3) is 0 Å². The van der Waals surface area contributed by atoms with Gasteiger partial charge in [-0.15, -0.1) is 0 Å². The van der Waals surface area contributed by atoms with Gasteiger partial charge in [0.25, 0.3) is 0 Å². The smallest absolute Gasteiger partial charge is 0.208 e. The minimum absolute atomic E-state index is 0.0125. The molecule has 1 N–H and O–H groups in total. The fourth-order valence-corrected chi connectivity index (χ4v) is 3.61. The van der Waals surface area contributed by atoms with Crippen molar-refractivity contribution < 1.29 is 8.42 Å². The first-order valence-electron chi connectivity index (χ1n) is 6.47. The molecule has 1 atom stereocenters. The molecule has 2 rings (SSSR count). The van der Waals surface area contributed by atoms with Crippen LogP contribution in [-0.4, -0.2) is 38.7 Å². The maximum Gasteiger partial charge on any atom is 0.208 e. The summed E-state index contributed by atoms with van der Waals surface area (Å²) in [6, 6.07) is 5.58. The summed E-state index contributed by atoms with van der Waals surface area (Å²) in [6.45, 7) is 2.42. The average molecular weight is 337 g/mol. The number of hydrogen-bond acceptors (Lipinski definition) is 3. The lowest BCUT2D eigenvalue weighted by Crippen LogP contribution is -2.46. The average Bonchev–Trinajstić information content (AvgIpc) is 2.32. The summed E-state index contributed by atoms with van der Waals surface area (Å²) < 4.78 is 25.2. The van der Waals surface area contributed by atoms with E-state index >= 15 is 0 Å². The molecule has 0 spiro atoms. The Morgan fingerprint density at radius 3 is 2.75 bits per heavy atom. The summed E-state index contributed by atoms with van der Waals surface area (Å²) >= 11 is 11.9. The Morgan fingerprint density at radius 1 is 1.35 bits per heavy atom. The third-order valence-electron chi connectivity index (χ3n) is 3.28. The molecular weight excluding hydrogens is 319 g/mol. The molecule has 1 saturated heterocycles. The van der Waals surface area contributed by atoms with Crippen LogP contribution in [0.4, 0.5) is 0 Å². The first-order valence-corrected chi connectivity index (χ1v) is 9.12. The van der Waals surface area contributed by atoms with Crippen LogP contribution in [0.2, 0.25) is 10.0 Å². The first-order chi connectivity index (χ1) is 9.33. The summed E-state index contributed by atoms with van der Waals surface area (Å²) in [6.07, 6.45) is 3.06. The zero-order valence-corrected chi connectivity index (χ0v) is 13.6. The second kappa shape index (κ2) is 6.62. The van der Waals surface area contributed by atoms with Crippen LogP contribution < -0.4 is 4.72 Å². The Kier molecular flexibility index (Phi) is 5.31. The number of halogens is 2. The van der Waals surface area contributed by atoms with E-state index in [1.807, 2.05) is 12.1 Å². The van der Waals surface area contributed by atoms with Gasteiger partial charge in [-0.3, -0.25) is 4.90 Å². The minimum Gasteiger partial charge on any atom is -0.298 e. The van der Waals surface area contributed by atoms with Gasteiger partial charge in [0, 0.05) is 19.1 Å². The van der Waals surface area contributed by atoms with Crippen LogP contribution in [-0.2, 0) is 16.6 Å². The van der Waals surface area contributed by atoms with Crippen molar-refractivity contribution in [2.24, 2.45) is 0 Å². The fraction of sp³-hybridized carbons (Fsp3) is 0.538. The van der Waals surface area contributed by atoms with E-state index < -0.39 is 10.0 Å². The Hall–Kier alpha value is -0.330. The monoisotopic (exact) mass is 336 g/mol. The molecule has 0 saturated carbocycles. The Morgan fingerprint density at radius 2 is 2.10 bits per heavy atom. The topological polar surface area (TPSA) is 49.4 Å². The van der Waals surface area contributed by atoms with Crippen LogP contribution in [0.15, 0.2) is 18.2 Å². The fourth-order valence-electron chi connectivity index (χ4n) is 2.49. The van der Waals surface area contributed by atoms with E-state index in [4.69, 9.17) is 23.2 Å². The molecule has 1 aromatic carbocycles. The third kappa shape index (κ3) is 4.90. The molecule has 0 bridgehead atoms. The van der Waals surface area contributed by atoms with Crippen molar-refractivity contribution in [2.75, 3.05) is 19.3 Å². The van der Waals surface area contributed by atoms with E-state index in [1.54, 1.807) is 6.07 Å². The predicted octanol–water partition coefficient (Wildman–Crippen LogP) is 2.51. The second-order valence-electron chi connectivity index (χ2n) is 5.21. The molecule has 112 valence electrons. The Bertz CT molecular complexity index is 578. The molecule has 1 heterocycles. The third-order valence-corrected chi connectivity index (χ3v) is 4.78. The SMILES string of the molecule is CS(=O)(=O)NC1CCCN(Cc2ccc(Cl)c(Cl)c2)C1. The Balaban J connectivity index is 1.97. The number of piperidine rings is 1. The molecule has 1 aromatic rings. The highest BCUT2D eigenvalue weighted by atomic mass is 35.5. The molecule has 1 fully saturated rings. The quantitative estimate of drug-likeness (QED) is 0.918. The normalized spacial score (nSPS) is 21.1. The van der Waals surface area contributed by atoms with E-state index in [0.717, 1.165) is 31.5 Å². The van der Waals surface area contributed by atoms with Crippen molar-refractivity contribution in [1.29, 1.82) is 0 Å². The first kappa shape index (κ1) is 16.0. The van der Waals surface area contributed by atoms with Crippen molar-refractivity contribution in [2.45, 2.75) is 25.4 Å². The summed E-state index contributed by atoms with van der Waals surface area (Å²) in [7, 11) is -3.15. The standard InChI is InChI=1S/C13H18Cl2N2O2S/c1-20(18,19)16-11-3-2-6-17(9-11)8-10-4-5-12(14)13(15)7-10/h4-5,7,11,16H,2-3,6,8-9H2,1H3. The van der Waals surface area contributed by atoms with Gasteiger partial charge < -0.3 is 0 Å². The van der Waals surface area contributed by atoms with E-state index in [0.29, 0.717) is 16.6 Å². The van der Waals surface area contributed by atoms with Gasteiger partial charge in [0.15, 0.2) is 0 Å². The lowest BCUT2D eigenvalue weighted by Gasteiger charge is -2.32. The molecular formula is C13H18Cl2N2O2S. The van der Waals surface area contributed by atoms with Crippen molar-refractivity contribution in [3.8, 4) is 0 Å². The highest BCUT2D eigenvalue weighted by Gasteiger charge is 2.22. The summed E-state index contributed by atoms with van der Waals surface area (Å²) in [5.41, 5.74) is 1.08. The van der Waals surface area contributed by atoms with Gasteiger partial charge in [-0.2, -0.15) is 0 Å². The van der Waals surface area contributed by atoms with Gasteiger partial charge in [-0.05, 0) is 37.1 Å². The predicted molar refractivity (Wildman–Crippen MR) is 82.7 cm³/mol. The van der Waals surface area contributed by atoms with Crippen molar-refractivity contribution in [3.63, 3.8) is 0 Å². The van der Waals surface area contributed by atoms with Crippen molar-refractivity contribution >= 4 is 33.2 Å². The van der Waals surface area contributed by atoms with Crippen LogP contribution in [0.5, 0.6) is 0 Å². The Labute approximate surface area is 130 Å². The largest absolute Gasteiger partial charge is 0.298 e. The highest BCUT2D eigenvalue weighted by molar-refractivity contribution is 7.88. The molecule has 20 heavy (non-hydrogen) atoms. The van der Waals surface area contributed by atoms with Crippen LogP contribution in [0.1, 0.15) is 18.4 Å². The molecule has 1 aliphatic rings. The van der Waals surface area contributed by atoms with E-state index in [2.05, 4.69) is 9.62 Å². The van der Waals surface area contributed by atoms with E-state index in [1.165, 1.54) is 6.26 Å². The minimum atomic E-state index is -3.15. The lowest BCUT2D eigenvalue weighted by atomic mass is 10.1. The number of hydrogen-bond donors (Lipinski definition) is 1. The van der Waals surface area contributed by atoms with Gasteiger partial charge in [-0.25, -0.2) is 13.1 Å². The van der Waals surface area contributed by atoms with E-state index in [9.17, 15) is 8.42 Å². The molecule has 0 radical (unpaired) electrons. The molecule has 7 heteroatoms. The number of benzene rings is 1. The lowest BCUT2D eigenvalue weighted by molar-refractivity contribution is 0.194. The summed E-state index contributed by atoms with van der Waals surface area (Å²) in [5, 5.41) is 1.10. The van der Waals surface area contributed by atoms with Gasteiger partial charge in [0.1, 0.15) is 0 Å². The number of likely N-dealkylation sites (tertiary alicyclic amines) is 1. The van der Waals surface area contributed by atoms with Crippen molar-refractivity contribution in [3.05, 3.63) is 33.8 Å². The molecule has 0 amide bonds. The zero-order chi connectivity index (χ0) is 14.8. The number of nitrogens with one attached hydrogen (secondary N) is 1. The maximum atomic E-state index is 11.3. The van der Waals surface area contributed by atoms with Gasteiger partial charge in [0.2, 0.25) is 10.0 Å².